The molecule has 0 atom stereocenters. The number of thiocarbonyl (C=S) groups is 1. The largest absolute Gasteiger partial charge is 0.481 e. The molecule has 104 valence electrons. The third kappa shape index (κ3) is 3.42. The highest BCUT2D eigenvalue weighted by Gasteiger charge is 2.07. The van der Waals surface area contributed by atoms with Crippen molar-refractivity contribution in [2.45, 2.75) is 13.5 Å². The summed E-state index contributed by atoms with van der Waals surface area (Å²) in [5.74, 6) is 1.28. The van der Waals surface area contributed by atoms with Crippen LogP contribution in [0.25, 0.3) is 0 Å². The number of methoxy groups -OCH3 is 1. The van der Waals surface area contributed by atoms with E-state index in [4.69, 9.17) is 22.7 Å². The zero-order valence-electron chi connectivity index (χ0n) is 11.4. The Balaban J connectivity index is 2.13. The molecule has 0 unspecified atom stereocenters. The Morgan fingerprint density at radius 2 is 2.15 bits per heavy atom. The second kappa shape index (κ2) is 6.29. The molecular formula is C14H16N4OS. The van der Waals surface area contributed by atoms with Gasteiger partial charge in [0.2, 0.25) is 5.88 Å². The molecule has 0 bridgehead atoms. The number of aryl methyl sites for hydroxylation is 1. The molecule has 5 nitrogen and oxygen atoms in total. The summed E-state index contributed by atoms with van der Waals surface area (Å²) in [4.78, 5) is 8.90. The molecule has 2 aromatic rings. The maximum absolute atomic E-state index is 5.69. The van der Waals surface area contributed by atoms with Crippen LogP contribution >= 0.6 is 12.2 Å². The molecule has 0 saturated carbocycles. The molecule has 2 rings (SSSR count). The number of pyridine rings is 2. The SMILES string of the molecule is COc1ccc(CNc2nc(C)ccc2C(N)=S)cn1. The van der Waals surface area contributed by atoms with Gasteiger partial charge in [-0.2, -0.15) is 0 Å². The highest BCUT2D eigenvalue weighted by atomic mass is 32.1. The highest BCUT2D eigenvalue weighted by Crippen LogP contribution is 2.15. The van der Waals surface area contributed by atoms with Gasteiger partial charge in [0.25, 0.3) is 0 Å². The summed E-state index contributed by atoms with van der Waals surface area (Å²) in [5, 5.41) is 3.23. The smallest absolute Gasteiger partial charge is 0.212 e. The van der Waals surface area contributed by atoms with E-state index in [0.717, 1.165) is 16.8 Å². The van der Waals surface area contributed by atoms with Crippen molar-refractivity contribution in [2.24, 2.45) is 5.73 Å². The fourth-order valence-corrected chi connectivity index (χ4v) is 1.88. The summed E-state index contributed by atoms with van der Waals surface area (Å²) in [6.07, 6.45) is 1.75. The third-order valence-electron chi connectivity index (χ3n) is 2.77. The van der Waals surface area contributed by atoms with E-state index < -0.39 is 0 Å². The summed E-state index contributed by atoms with van der Waals surface area (Å²) >= 11 is 5.03. The van der Waals surface area contributed by atoms with E-state index in [0.29, 0.717) is 23.2 Å². The Labute approximate surface area is 123 Å². The van der Waals surface area contributed by atoms with Crippen LogP contribution in [0.3, 0.4) is 0 Å². The second-order valence-corrected chi connectivity index (χ2v) is 4.72. The molecule has 2 heterocycles. The van der Waals surface area contributed by atoms with Crippen LogP contribution < -0.4 is 15.8 Å². The van der Waals surface area contributed by atoms with Gasteiger partial charge in [0.05, 0.1) is 12.7 Å². The van der Waals surface area contributed by atoms with Gasteiger partial charge in [-0.3, -0.25) is 0 Å². The minimum Gasteiger partial charge on any atom is -0.481 e. The van der Waals surface area contributed by atoms with Gasteiger partial charge < -0.3 is 15.8 Å². The number of rotatable bonds is 5. The van der Waals surface area contributed by atoms with E-state index in [1.54, 1.807) is 13.3 Å². The molecule has 6 heteroatoms. The van der Waals surface area contributed by atoms with Gasteiger partial charge in [-0.15, -0.1) is 0 Å². The number of nitrogens with two attached hydrogens (primary N) is 1. The molecular weight excluding hydrogens is 272 g/mol. The van der Waals surface area contributed by atoms with Crippen molar-refractivity contribution in [3.05, 3.63) is 47.3 Å². The molecule has 0 radical (unpaired) electrons. The Kier molecular flexibility index (Phi) is 4.47. The molecule has 2 aromatic heterocycles. The van der Waals surface area contributed by atoms with E-state index in [-0.39, 0.29) is 0 Å². The van der Waals surface area contributed by atoms with Crippen molar-refractivity contribution in [3.8, 4) is 5.88 Å². The quantitative estimate of drug-likeness (QED) is 0.820. The molecule has 0 aromatic carbocycles. The molecule has 0 fully saturated rings. The first-order valence-electron chi connectivity index (χ1n) is 6.10. The number of anilines is 1. The first-order chi connectivity index (χ1) is 9.60. The third-order valence-corrected chi connectivity index (χ3v) is 2.99. The van der Waals surface area contributed by atoms with Gasteiger partial charge in [0.1, 0.15) is 10.8 Å². The lowest BCUT2D eigenvalue weighted by Crippen LogP contribution is -2.14. The van der Waals surface area contributed by atoms with Gasteiger partial charge in [-0.05, 0) is 24.6 Å². The summed E-state index contributed by atoms with van der Waals surface area (Å²) in [6, 6.07) is 7.51. The molecule has 0 aliphatic rings. The zero-order chi connectivity index (χ0) is 14.5. The van der Waals surface area contributed by atoms with Gasteiger partial charge in [-0.25, -0.2) is 9.97 Å². The van der Waals surface area contributed by atoms with Crippen LogP contribution in [0.4, 0.5) is 5.82 Å². The van der Waals surface area contributed by atoms with E-state index in [2.05, 4.69) is 15.3 Å². The summed E-state index contributed by atoms with van der Waals surface area (Å²) in [5.41, 5.74) is 8.36. The highest BCUT2D eigenvalue weighted by molar-refractivity contribution is 7.80. The lowest BCUT2D eigenvalue weighted by atomic mass is 10.2. The van der Waals surface area contributed by atoms with Gasteiger partial charge in [0, 0.05) is 24.5 Å². The van der Waals surface area contributed by atoms with E-state index in [1.807, 2.05) is 31.2 Å². The maximum atomic E-state index is 5.69. The summed E-state index contributed by atoms with van der Waals surface area (Å²) in [7, 11) is 1.59. The van der Waals surface area contributed by atoms with Crippen LogP contribution in [0, 0.1) is 6.92 Å². The topological polar surface area (TPSA) is 73.1 Å². The molecule has 0 spiro atoms. The van der Waals surface area contributed by atoms with Crippen LogP contribution in [-0.2, 0) is 6.54 Å². The molecule has 3 N–H and O–H groups in total. The number of hydrogen-bond acceptors (Lipinski definition) is 5. The predicted molar refractivity (Wildman–Crippen MR) is 83.0 cm³/mol. The lowest BCUT2D eigenvalue weighted by molar-refractivity contribution is 0.397. The number of aromatic nitrogens is 2. The number of nitrogens with one attached hydrogen (secondary N) is 1. The van der Waals surface area contributed by atoms with Crippen LogP contribution in [-0.4, -0.2) is 22.1 Å². The fraction of sp³-hybridized carbons (Fsp3) is 0.214. The fourth-order valence-electron chi connectivity index (χ4n) is 1.71. The van der Waals surface area contributed by atoms with Crippen molar-refractivity contribution in [1.29, 1.82) is 0 Å². The van der Waals surface area contributed by atoms with Crippen molar-refractivity contribution in [3.63, 3.8) is 0 Å². The van der Waals surface area contributed by atoms with E-state index in [1.165, 1.54) is 0 Å². The van der Waals surface area contributed by atoms with Crippen molar-refractivity contribution < 1.29 is 4.74 Å². The Morgan fingerprint density at radius 1 is 1.35 bits per heavy atom. The van der Waals surface area contributed by atoms with Crippen LogP contribution in [0.15, 0.2) is 30.5 Å². The minimum absolute atomic E-state index is 0.327. The Morgan fingerprint density at radius 3 is 2.75 bits per heavy atom. The Bertz CT molecular complexity index is 613. The second-order valence-electron chi connectivity index (χ2n) is 4.28. The number of ether oxygens (including phenoxy) is 1. The summed E-state index contributed by atoms with van der Waals surface area (Å²) < 4.78 is 5.02. The number of nitrogens with zero attached hydrogens (tertiary/aromatic N) is 2. The van der Waals surface area contributed by atoms with Crippen molar-refractivity contribution in [1.82, 2.24) is 9.97 Å². The van der Waals surface area contributed by atoms with Crippen LogP contribution in [0.1, 0.15) is 16.8 Å². The van der Waals surface area contributed by atoms with E-state index in [9.17, 15) is 0 Å². The van der Waals surface area contributed by atoms with Crippen molar-refractivity contribution in [2.75, 3.05) is 12.4 Å². The molecule has 0 saturated heterocycles. The van der Waals surface area contributed by atoms with Crippen molar-refractivity contribution >= 4 is 23.0 Å². The first kappa shape index (κ1) is 14.2. The summed E-state index contributed by atoms with van der Waals surface area (Å²) in [6.45, 7) is 2.51. The van der Waals surface area contributed by atoms with Gasteiger partial charge in [0.15, 0.2) is 0 Å². The normalized spacial score (nSPS) is 10.1. The van der Waals surface area contributed by atoms with E-state index >= 15 is 0 Å². The zero-order valence-corrected chi connectivity index (χ0v) is 12.2. The molecule has 0 amide bonds. The van der Waals surface area contributed by atoms with Gasteiger partial charge >= 0.3 is 0 Å². The van der Waals surface area contributed by atoms with Crippen LogP contribution in [0.2, 0.25) is 0 Å². The van der Waals surface area contributed by atoms with Gasteiger partial charge in [-0.1, -0.05) is 18.3 Å². The average Bonchev–Trinajstić information content (AvgIpc) is 2.45. The first-order valence-corrected chi connectivity index (χ1v) is 6.51. The molecule has 0 aliphatic heterocycles. The van der Waals surface area contributed by atoms with Crippen LogP contribution in [0.5, 0.6) is 5.88 Å². The minimum atomic E-state index is 0.327. The monoisotopic (exact) mass is 288 g/mol. The number of hydrogen-bond donors (Lipinski definition) is 2. The average molecular weight is 288 g/mol. The maximum Gasteiger partial charge on any atom is 0.212 e. The molecule has 20 heavy (non-hydrogen) atoms. The predicted octanol–water partition coefficient (Wildman–Crippen LogP) is 2.04. The molecule has 0 aliphatic carbocycles. The lowest BCUT2D eigenvalue weighted by Gasteiger charge is -2.11. The standard InChI is InChI=1S/C14H16N4OS/c1-9-3-5-11(13(15)20)14(18-9)17-8-10-4-6-12(19-2)16-7-10/h3-7H,8H2,1-2H3,(H2,15,20)(H,17,18). The Hall–Kier alpha value is -2.21.